The van der Waals surface area contributed by atoms with Gasteiger partial charge in [-0.25, -0.2) is 0 Å². The van der Waals surface area contributed by atoms with Crippen LogP contribution in [0.25, 0.3) is 10.8 Å². The highest BCUT2D eigenvalue weighted by Crippen LogP contribution is 2.26. The van der Waals surface area contributed by atoms with Crippen LogP contribution in [0, 0.1) is 0 Å². The number of carbonyl (C=O) groups excluding carboxylic acids is 1. The van der Waals surface area contributed by atoms with Gasteiger partial charge in [0.15, 0.2) is 5.11 Å². The molecule has 1 amide bonds. The highest BCUT2D eigenvalue weighted by Gasteiger charge is 2.12. The Morgan fingerprint density at radius 1 is 0.867 bits per heavy atom. The molecule has 4 aromatic rings. The largest absolute Gasteiger partial charge is 0.332 e. The molecule has 30 heavy (non-hydrogen) atoms. The van der Waals surface area contributed by atoms with E-state index in [1.165, 1.54) is 11.1 Å². The summed E-state index contributed by atoms with van der Waals surface area (Å²) in [5, 5.41) is 7.95. The molecule has 0 atom stereocenters. The smallest absolute Gasteiger partial charge is 0.258 e. The zero-order valence-electron chi connectivity index (χ0n) is 15.9. The summed E-state index contributed by atoms with van der Waals surface area (Å²) in [6, 6.07) is 23.4. The molecule has 1 aromatic heterocycles. The number of amides is 1. The summed E-state index contributed by atoms with van der Waals surface area (Å²) in [6.07, 6.45) is 4.42. The molecule has 3 aromatic carbocycles. The van der Waals surface area contributed by atoms with Gasteiger partial charge in [-0.2, -0.15) is 0 Å². The average Bonchev–Trinajstić information content (AvgIpc) is 2.76. The van der Waals surface area contributed by atoms with Crippen LogP contribution >= 0.6 is 28.1 Å². The fraction of sp³-hybridized carbons (Fsp3) is 0.0417. The molecular formula is C24H18BrN3OS. The minimum atomic E-state index is -0.245. The number of halogens is 1. The minimum Gasteiger partial charge on any atom is -0.332 e. The van der Waals surface area contributed by atoms with Crippen molar-refractivity contribution in [1.82, 2.24) is 10.3 Å². The van der Waals surface area contributed by atoms with Crippen LogP contribution < -0.4 is 10.6 Å². The van der Waals surface area contributed by atoms with Gasteiger partial charge >= 0.3 is 0 Å². The lowest BCUT2D eigenvalue weighted by atomic mass is 10.0. The summed E-state index contributed by atoms with van der Waals surface area (Å²) >= 11 is 8.87. The van der Waals surface area contributed by atoms with E-state index in [0.29, 0.717) is 5.56 Å². The van der Waals surface area contributed by atoms with Gasteiger partial charge in [0.05, 0.1) is 0 Å². The summed E-state index contributed by atoms with van der Waals surface area (Å²) < 4.78 is 0.946. The Hall–Kier alpha value is -3.09. The van der Waals surface area contributed by atoms with Gasteiger partial charge in [-0.15, -0.1) is 0 Å². The maximum Gasteiger partial charge on any atom is 0.258 e. The van der Waals surface area contributed by atoms with E-state index in [9.17, 15) is 4.79 Å². The molecule has 4 nitrogen and oxygen atoms in total. The summed E-state index contributed by atoms with van der Waals surface area (Å²) in [6.45, 7) is 0. The molecule has 0 bridgehead atoms. The third-order valence-corrected chi connectivity index (χ3v) is 5.61. The second kappa shape index (κ2) is 9.15. The number of hydrogen-bond donors (Lipinski definition) is 2. The van der Waals surface area contributed by atoms with Crippen LogP contribution in [0.1, 0.15) is 21.5 Å². The summed E-state index contributed by atoms with van der Waals surface area (Å²) in [4.78, 5) is 16.8. The number of aromatic nitrogens is 1. The number of carbonyl (C=O) groups is 1. The maximum atomic E-state index is 12.8. The van der Waals surface area contributed by atoms with Gasteiger partial charge in [-0.05, 0) is 76.9 Å². The number of hydrogen-bond acceptors (Lipinski definition) is 3. The predicted octanol–water partition coefficient (Wildman–Crippen LogP) is 5.71. The normalized spacial score (nSPS) is 10.6. The Kier molecular flexibility index (Phi) is 6.16. The molecule has 0 aliphatic heterocycles. The molecular weight excluding hydrogens is 458 g/mol. The molecule has 148 valence electrons. The van der Waals surface area contributed by atoms with E-state index in [1.54, 1.807) is 18.5 Å². The molecule has 0 radical (unpaired) electrons. The van der Waals surface area contributed by atoms with Gasteiger partial charge in [-0.3, -0.25) is 15.1 Å². The Morgan fingerprint density at radius 2 is 1.53 bits per heavy atom. The molecule has 6 heteroatoms. The van der Waals surface area contributed by atoms with Crippen LogP contribution in [0.2, 0.25) is 0 Å². The molecule has 0 spiro atoms. The first-order chi connectivity index (χ1) is 14.6. The van der Waals surface area contributed by atoms with Gasteiger partial charge in [0, 0.05) is 28.1 Å². The van der Waals surface area contributed by atoms with Crippen molar-refractivity contribution in [3.05, 3.63) is 106 Å². The minimum absolute atomic E-state index is 0.245. The second-order valence-corrected chi connectivity index (χ2v) is 8.04. The Bertz CT molecular complexity index is 1210. The number of thiocarbonyl (C=S) groups is 1. The number of nitrogens with zero attached hydrogens (tertiary/aromatic N) is 1. The van der Waals surface area contributed by atoms with Crippen molar-refractivity contribution in [1.29, 1.82) is 0 Å². The summed E-state index contributed by atoms with van der Waals surface area (Å²) in [7, 11) is 0. The van der Waals surface area contributed by atoms with Crippen molar-refractivity contribution in [2.75, 3.05) is 5.32 Å². The van der Waals surface area contributed by atoms with Crippen molar-refractivity contribution in [2.45, 2.75) is 6.42 Å². The van der Waals surface area contributed by atoms with E-state index in [2.05, 4.69) is 31.5 Å². The third-order valence-electron chi connectivity index (χ3n) is 4.71. The second-order valence-electron chi connectivity index (χ2n) is 6.78. The molecule has 4 rings (SSSR count). The first-order valence-electron chi connectivity index (χ1n) is 9.37. The lowest BCUT2D eigenvalue weighted by Crippen LogP contribution is -2.34. The molecule has 0 aliphatic carbocycles. The maximum absolute atomic E-state index is 12.8. The van der Waals surface area contributed by atoms with Crippen LogP contribution in [0.15, 0.2) is 89.7 Å². The van der Waals surface area contributed by atoms with Crippen molar-refractivity contribution < 1.29 is 4.79 Å². The first-order valence-corrected chi connectivity index (χ1v) is 10.6. The number of benzene rings is 3. The number of nitrogens with one attached hydrogen (secondary N) is 2. The standard InChI is InChI=1S/C24H18BrN3OS/c25-22-6-2-3-19-20(22)4-1-5-21(19)23(29)28-24(30)27-18-9-7-16(8-10-18)15-17-11-13-26-14-12-17/h1-14H,15H2,(H2,27,28,29,30). The number of anilines is 1. The van der Waals surface area contributed by atoms with Crippen LogP contribution in [0.4, 0.5) is 5.69 Å². The van der Waals surface area contributed by atoms with E-state index in [4.69, 9.17) is 12.2 Å². The van der Waals surface area contributed by atoms with E-state index in [0.717, 1.165) is 27.4 Å². The monoisotopic (exact) mass is 475 g/mol. The zero-order valence-corrected chi connectivity index (χ0v) is 18.3. The quantitative estimate of drug-likeness (QED) is 0.371. The lowest BCUT2D eigenvalue weighted by Gasteiger charge is -2.12. The Morgan fingerprint density at radius 3 is 2.30 bits per heavy atom. The third kappa shape index (κ3) is 4.72. The van der Waals surface area contributed by atoms with Crippen LogP contribution in [-0.4, -0.2) is 16.0 Å². The lowest BCUT2D eigenvalue weighted by molar-refractivity contribution is 0.0979. The fourth-order valence-corrected chi connectivity index (χ4v) is 3.95. The van der Waals surface area contributed by atoms with Crippen molar-refractivity contribution in [3.8, 4) is 0 Å². The van der Waals surface area contributed by atoms with Crippen LogP contribution in [-0.2, 0) is 6.42 Å². The molecule has 0 aliphatic rings. The summed E-state index contributed by atoms with van der Waals surface area (Å²) in [5.74, 6) is -0.245. The van der Waals surface area contributed by atoms with E-state index >= 15 is 0 Å². The van der Waals surface area contributed by atoms with Gasteiger partial charge < -0.3 is 5.32 Å². The van der Waals surface area contributed by atoms with Crippen LogP contribution in [0.5, 0.6) is 0 Å². The molecule has 0 fully saturated rings. The highest BCUT2D eigenvalue weighted by molar-refractivity contribution is 9.10. The number of rotatable bonds is 4. The molecule has 0 saturated carbocycles. The van der Waals surface area contributed by atoms with E-state index in [-0.39, 0.29) is 11.0 Å². The predicted molar refractivity (Wildman–Crippen MR) is 129 cm³/mol. The fourth-order valence-electron chi connectivity index (χ4n) is 3.24. The van der Waals surface area contributed by atoms with Crippen molar-refractivity contribution in [2.24, 2.45) is 0 Å². The Balaban J connectivity index is 1.41. The van der Waals surface area contributed by atoms with Crippen molar-refractivity contribution in [3.63, 3.8) is 0 Å². The summed E-state index contributed by atoms with van der Waals surface area (Å²) in [5.41, 5.74) is 3.78. The molecule has 0 saturated heterocycles. The molecule has 0 unspecified atom stereocenters. The first kappa shape index (κ1) is 20.2. The molecule has 1 heterocycles. The van der Waals surface area contributed by atoms with Gasteiger partial charge in [-0.1, -0.05) is 52.3 Å². The molecule has 2 N–H and O–H groups in total. The number of fused-ring (bicyclic) bond motifs is 1. The van der Waals surface area contributed by atoms with Gasteiger partial charge in [0.1, 0.15) is 0 Å². The zero-order chi connectivity index (χ0) is 20.9. The van der Waals surface area contributed by atoms with E-state index in [1.807, 2.05) is 66.7 Å². The Labute approximate surface area is 188 Å². The van der Waals surface area contributed by atoms with Gasteiger partial charge in [0.25, 0.3) is 5.91 Å². The van der Waals surface area contributed by atoms with E-state index < -0.39 is 0 Å². The SMILES string of the molecule is O=C(NC(=S)Nc1ccc(Cc2ccncc2)cc1)c1cccc2c(Br)cccc12. The van der Waals surface area contributed by atoms with Crippen LogP contribution in [0.3, 0.4) is 0 Å². The average molecular weight is 476 g/mol. The topological polar surface area (TPSA) is 54.0 Å². The van der Waals surface area contributed by atoms with Gasteiger partial charge in [0.2, 0.25) is 0 Å². The highest BCUT2D eigenvalue weighted by atomic mass is 79.9. The number of pyridine rings is 1. The van der Waals surface area contributed by atoms with Crippen molar-refractivity contribution >= 4 is 55.6 Å².